The van der Waals surface area contributed by atoms with Crippen LogP contribution in [-0.2, 0) is 4.74 Å². The van der Waals surface area contributed by atoms with Gasteiger partial charge in [-0.2, -0.15) is 5.26 Å². The van der Waals surface area contributed by atoms with Crippen LogP contribution in [-0.4, -0.2) is 42.1 Å². The van der Waals surface area contributed by atoms with E-state index in [1.165, 1.54) is 16.9 Å². The maximum Gasteiger partial charge on any atom is 0.338 e. The molecule has 0 amide bonds. The molecule has 6 nitrogen and oxygen atoms in total. The highest BCUT2D eigenvalue weighted by molar-refractivity contribution is 7.11. The number of hydrogen-bond acceptors (Lipinski definition) is 7. The maximum atomic E-state index is 12.2. The molecule has 1 N–H and O–H groups in total. The average Bonchev–Trinajstić information content (AvgIpc) is 3.33. The molecule has 33 heavy (non-hydrogen) atoms. The van der Waals surface area contributed by atoms with Crippen LogP contribution in [0.1, 0.15) is 34.8 Å². The van der Waals surface area contributed by atoms with Crippen LogP contribution in [0.3, 0.4) is 0 Å². The highest BCUT2D eigenvalue weighted by Gasteiger charge is 2.10. The number of anilines is 1. The predicted molar refractivity (Wildman–Crippen MR) is 134 cm³/mol. The molecule has 7 heteroatoms. The van der Waals surface area contributed by atoms with Crippen molar-refractivity contribution in [1.29, 1.82) is 5.26 Å². The van der Waals surface area contributed by atoms with Crippen LogP contribution in [0.5, 0.6) is 0 Å². The first-order chi connectivity index (χ1) is 16.0. The van der Waals surface area contributed by atoms with Gasteiger partial charge < -0.3 is 15.0 Å². The number of nitrogens with zero attached hydrogens (tertiary/aromatic N) is 3. The standard InChI is InChI=1S/C26H28N4O2S/c1-4-30(5-2)14-15-32-26(31)21-10-12-23(13-11-21)28-17-22(16-27)25-29-24(18-33-25)20-8-6-19(3)7-9-20/h6-13,17-18,28H,4-5,14-15H2,1-3H3. The van der Waals surface area contributed by atoms with Crippen LogP contribution in [0.15, 0.2) is 60.1 Å². The molecular formula is C26H28N4O2S. The van der Waals surface area contributed by atoms with Gasteiger partial charge in [-0.1, -0.05) is 43.7 Å². The zero-order valence-corrected chi connectivity index (χ0v) is 20.0. The van der Waals surface area contributed by atoms with Gasteiger partial charge in [0.1, 0.15) is 23.3 Å². The zero-order valence-electron chi connectivity index (χ0n) is 19.2. The lowest BCUT2D eigenvalue weighted by Crippen LogP contribution is -2.27. The van der Waals surface area contributed by atoms with Gasteiger partial charge in [0.05, 0.1) is 11.3 Å². The lowest BCUT2D eigenvalue weighted by atomic mass is 10.1. The number of aryl methyl sites for hydroxylation is 1. The van der Waals surface area contributed by atoms with E-state index in [4.69, 9.17) is 4.74 Å². The number of rotatable bonds is 10. The van der Waals surface area contributed by atoms with Gasteiger partial charge in [-0.25, -0.2) is 9.78 Å². The second-order valence-electron chi connectivity index (χ2n) is 7.46. The number of allylic oxidation sites excluding steroid dienone is 1. The Labute approximate surface area is 199 Å². The molecule has 0 aliphatic rings. The monoisotopic (exact) mass is 460 g/mol. The van der Waals surface area contributed by atoms with Crippen molar-refractivity contribution in [2.75, 3.05) is 31.6 Å². The lowest BCUT2D eigenvalue weighted by molar-refractivity contribution is 0.0466. The first kappa shape index (κ1) is 24.2. The van der Waals surface area contributed by atoms with Gasteiger partial charge in [-0.05, 0) is 44.3 Å². The number of carbonyl (C=O) groups excluding carboxylic acids is 1. The average molecular weight is 461 g/mol. The number of esters is 1. The Morgan fingerprint density at radius 1 is 1.15 bits per heavy atom. The minimum Gasteiger partial charge on any atom is -0.461 e. The minimum absolute atomic E-state index is 0.339. The van der Waals surface area contributed by atoms with Crippen molar-refractivity contribution < 1.29 is 9.53 Å². The second kappa shape index (κ2) is 12.0. The lowest BCUT2D eigenvalue weighted by Gasteiger charge is -2.17. The molecule has 170 valence electrons. The summed E-state index contributed by atoms with van der Waals surface area (Å²) in [5.74, 6) is -0.339. The van der Waals surface area contributed by atoms with Crippen LogP contribution in [0.2, 0.25) is 0 Å². The van der Waals surface area contributed by atoms with Crippen LogP contribution in [0, 0.1) is 18.3 Å². The number of ether oxygens (including phenoxy) is 1. The molecule has 0 aliphatic carbocycles. The summed E-state index contributed by atoms with van der Waals surface area (Å²) >= 11 is 1.43. The number of benzene rings is 2. The Morgan fingerprint density at radius 2 is 1.85 bits per heavy atom. The van der Waals surface area contributed by atoms with E-state index in [-0.39, 0.29) is 5.97 Å². The highest BCUT2D eigenvalue weighted by atomic mass is 32.1. The van der Waals surface area contributed by atoms with E-state index in [0.717, 1.165) is 36.6 Å². The maximum absolute atomic E-state index is 12.2. The molecule has 0 bridgehead atoms. The van der Waals surface area contributed by atoms with E-state index in [2.05, 4.69) is 35.1 Å². The fraction of sp³-hybridized carbons (Fsp3) is 0.269. The zero-order chi connectivity index (χ0) is 23.6. The smallest absolute Gasteiger partial charge is 0.338 e. The van der Waals surface area contributed by atoms with Crippen LogP contribution < -0.4 is 5.32 Å². The highest BCUT2D eigenvalue weighted by Crippen LogP contribution is 2.26. The van der Waals surface area contributed by atoms with Crippen molar-refractivity contribution in [3.63, 3.8) is 0 Å². The minimum atomic E-state index is -0.339. The Hall–Kier alpha value is -3.47. The van der Waals surface area contributed by atoms with Gasteiger partial charge in [0.15, 0.2) is 0 Å². The van der Waals surface area contributed by atoms with Gasteiger partial charge in [0.2, 0.25) is 0 Å². The predicted octanol–water partition coefficient (Wildman–Crippen LogP) is 5.59. The molecule has 0 saturated carbocycles. The number of nitriles is 1. The summed E-state index contributed by atoms with van der Waals surface area (Å²) in [6.45, 7) is 9.17. The number of nitrogens with one attached hydrogen (secondary N) is 1. The van der Waals surface area contributed by atoms with Gasteiger partial charge in [0, 0.05) is 29.4 Å². The third-order valence-corrected chi connectivity index (χ3v) is 6.12. The molecule has 0 fully saturated rings. The molecule has 3 aromatic rings. The van der Waals surface area contributed by atoms with Crippen molar-refractivity contribution >= 4 is 28.6 Å². The van der Waals surface area contributed by atoms with Crippen molar-refractivity contribution in [2.24, 2.45) is 0 Å². The Balaban J connectivity index is 1.60. The summed E-state index contributed by atoms with van der Waals surface area (Å²) in [5, 5.41) is 15.3. The van der Waals surface area contributed by atoms with Crippen molar-refractivity contribution in [3.8, 4) is 17.3 Å². The van der Waals surface area contributed by atoms with Gasteiger partial charge in [-0.3, -0.25) is 0 Å². The first-order valence-corrected chi connectivity index (χ1v) is 11.8. The molecule has 2 aromatic carbocycles. The molecule has 0 aliphatic heterocycles. The fourth-order valence-electron chi connectivity index (χ4n) is 3.14. The molecule has 0 spiro atoms. The van der Waals surface area contributed by atoms with Crippen molar-refractivity contribution in [1.82, 2.24) is 9.88 Å². The largest absolute Gasteiger partial charge is 0.461 e. The SMILES string of the molecule is CCN(CC)CCOC(=O)c1ccc(NC=C(C#N)c2nc(-c3ccc(C)cc3)cs2)cc1. The van der Waals surface area contributed by atoms with Crippen LogP contribution >= 0.6 is 11.3 Å². The van der Waals surface area contributed by atoms with Gasteiger partial charge in [0.25, 0.3) is 0 Å². The Kier molecular flexibility index (Phi) is 8.76. The van der Waals surface area contributed by atoms with E-state index in [1.54, 1.807) is 30.5 Å². The molecule has 1 heterocycles. The summed E-state index contributed by atoms with van der Waals surface area (Å²) < 4.78 is 5.36. The quantitative estimate of drug-likeness (QED) is 0.314. The molecule has 0 saturated heterocycles. The molecule has 0 unspecified atom stereocenters. The van der Waals surface area contributed by atoms with Crippen molar-refractivity contribution in [3.05, 3.63) is 76.2 Å². The summed E-state index contributed by atoms with van der Waals surface area (Å²) in [7, 11) is 0. The Bertz CT molecular complexity index is 1120. The number of aromatic nitrogens is 1. The summed E-state index contributed by atoms with van der Waals surface area (Å²) in [6, 6.07) is 17.3. The molecule has 0 radical (unpaired) electrons. The molecule has 1 aromatic heterocycles. The van der Waals surface area contributed by atoms with Crippen LogP contribution in [0.4, 0.5) is 5.69 Å². The number of carbonyl (C=O) groups is 1. The van der Waals surface area contributed by atoms with E-state index in [0.29, 0.717) is 22.8 Å². The summed E-state index contributed by atoms with van der Waals surface area (Å²) in [5.41, 5.74) is 4.76. The number of thiazole rings is 1. The Morgan fingerprint density at radius 3 is 2.48 bits per heavy atom. The fourth-order valence-corrected chi connectivity index (χ4v) is 3.94. The molecule has 3 rings (SSSR count). The molecular weight excluding hydrogens is 432 g/mol. The summed E-state index contributed by atoms with van der Waals surface area (Å²) in [4.78, 5) is 19.0. The molecule has 0 atom stereocenters. The van der Waals surface area contributed by atoms with Crippen LogP contribution in [0.25, 0.3) is 16.8 Å². The van der Waals surface area contributed by atoms with Crippen molar-refractivity contribution in [2.45, 2.75) is 20.8 Å². The topological polar surface area (TPSA) is 78.2 Å². The van der Waals surface area contributed by atoms with E-state index >= 15 is 0 Å². The van der Waals surface area contributed by atoms with Gasteiger partial charge in [-0.15, -0.1) is 11.3 Å². The first-order valence-electron chi connectivity index (χ1n) is 10.9. The number of likely N-dealkylation sites (N-methyl/N-ethyl adjacent to an activating group) is 1. The number of hydrogen-bond donors (Lipinski definition) is 1. The third kappa shape index (κ3) is 6.75. The second-order valence-corrected chi connectivity index (χ2v) is 8.32. The van der Waals surface area contributed by atoms with E-state index in [1.807, 2.05) is 36.6 Å². The summed E-state index contributed by atoms with van der Waals surface area (Å²) in [6.07, 6.45) is 1.63. The normalized spacial score (nSPS) is 11.3. The van der Waals surface area contributed by atoms with E-state index in [9.17, 15) is 10.1 Å². The van der Waals surface area contributed by atoms with E-state index < -0.39 is 0 Å². The van der Waals surface area contributed by atoms with Gasteiger partial charge >= 0.3 is 5.97 Å². The third-order valence-electron chi connectivity index (χ3n) is 5.24.